The maximum absolute atomic E-state index is 6.22. The maximum Gasteiger partial charge on any atom is 0.185 e. The van der Waals surface area contributed by atoms with Crippen LogP contribution in [0.3, 0.4) is 0 Å². The van der Waals surface area contributed by atoms with Gasteiger partial charge in [0.25, 0.3) is 0 Å². The van der Waals surface area contributed by atoms with Crippen molar-refractivity contribution >= 4 is 28.1 Å². The first kappa shape index (κ1) is 15.3. The number of nitrogens with zero attached hydrogens (tertiary/aromatic N) is 2. The molecule has 0 unspecified atom stereocenters. The molecule has 3 nitrogen and oxygen atoms in total. The van der Waals surface area contributed by atoms with E-state index in [1.807, 2.05) is 25.2 Å². The van der Waals surface area contributed by atoms with E-state index in [0.717, 1.165) is 35.2 Å². The molecule has 0 atom stereocenters. The molecule has 0 saturated heterocycles. The fourth-order valence-electron chi connectivity index (χ4n) is 2.06. The molecule has 5 heteroatoms. The zero-order valence-electron chi connectivity index (χ0n) is 12.1. The summed E-state index contributed by atoms with van der Waals surface area (Å²) in [7, 11) is 4.02. The van der Waals surface area contributed by atoms with Gasteiger partial charge in [-0.25, -0.2) is 4.98 Å². The topological polar surface area (TPSA) is 28.2 Å². The summed E-state index contributed by atoms with van der Waals surface area (Å²) in [6, 6.07) is 7.95. The number of aromatic nitrogens is 1. The zero-order valence-corrected chi connectivity index (χ0v) is 13.7. The Hall–Kier alpha value is -1.10. The normalized spacial score (nSPS) is 10.8. The smallest absolute Gasteiger partial charge is 0.185 e. The van der Waals surface area contributed by atoms with Gasteiger partial charge in [0, 0.05) is 30.0 Å². The second-order valence-corrected chi connectivity index (χ2v) is 6.17. The van der Waals surface area contributed by atoms with Crippen molar-refractivity contribution in [2.45, 2.75) is 26.4 Å². The van der Waals surface area contributed by atoms with E-state index in [4.69, 9.17) is 16.6 Å². The third kappa shape index (κ3) is 3.51. The van der Waals surface area contributed by atoms with Crippen LogP contribution in [-0.4, -0.2) is 19.1 Å². The fraction of sp³-hybridized carbons (Fsp3) is 0.400. The molecule has 1 N–H and O–H groups in total. The van der Waals surface area contributed by atoms with Crippen LogP contribution in [-0.2, 0) is 19.5 Å². The van der Waals surface area contributed by atoms with Gasteiger partial charge in [0.1, 0.15) is 0 Å². The lowest BCUT2D eigenvalue weighted by Gasteiger charge is -2.16. The number of aryl methyl sites for hydroxylation is 1. The van der Waals surface area contributed by atoms with E-state index in [0.29, 0.717) is 0 Å². The van der Waals surface area contributed by atoms with Crippen molar-refractivity contribution in [2.75, 3.05) is 19.0 Å². The van der Waals surface area contributed by atoms with Crippen LogP contribution in [0.5, 0.6) is 0 Å². The fourth-order valence-corrected chi connectivity index (χ4v) is 3.37. The average Bonchev–Trinajstić information content (AvgIpc) is 2.85. The Morgan fingerprint density at radius 1 is 1.35 bits per heavy atom. The van der Waals surface area contributed by atoms with Gasteiger partial charge in [0.2, 0.25) is 0 Å². The molecule has 2 rings (SSSR count). The van der Waals surface area contributed by atoms with Crippen molar-refractivity contribution in [3.05, 3.63) is 45.4 Å². The third-order valence-electron chi connectivity index (χ3n) is 3.13. The van der Waals surface area contributed by atoms with Crippen LogP contribution < -0.4 is 10.2 Å². The Morgan fingerprint density at radius 3 is 2.75 bits per heavy atom. The van der Waals surface area contributed by atoms with Gasteiger partial charge >= 0.3 is 0 Å². The van der Waals surface area contributed by atoms with Crippen LogP contribution in [0.25, 0.3) is 0 Å². The van der Waals surface area contributed by atoms with Crippen molar-refractivity contribution in [3.63, 3.8) is 0 Å². The molecular formula is C15H20ClN3S. The molecule has 108 valence electrons. The molecule has 0 amide bonds. The Kier molecular flexibility index (Phi) is 5.40. The summed E-state index contributed by atoms with van der Waals surface area (Å²) in [5.41, 5.74) is 2.31. The lowest BCUT2D eigenvalue weighted by molar-refractivity contribution is 0.813. The van der Waals surface area contributed by atoms with E-state index in [1.165, 1.54) is 10.6 Å². The van der Waals surface area contributed by atoms with E-state index in [-0.39, 0.29) is 0 Å². The number of halogens is 1. The molecule has 0 aliphatic carbocycles. The summed E-state index contributed by atoms with van der Waals surface area (Å²) >= 11 is 7.97. The maximum atomic E-state index is 6.22. The molecule has 0 saturated carbocycles. The van der Waals surface area contributed by atoms with Crippen LogP contribution in [0.1, 0.15) is 23.1 Å². The van der Waals surface area contributed by atoms with E-state index in [1.54, 1.807) is 11.3 Å². The van der Waals surface area contributed by atoms with Crippen LogP contribution in [0.15, 0.2) is 24.3 Å². The average molecular weight is 310 g/mol. The second-order valence-electron chi connectivity index (χ2n) is 4.70. The minimum absolute atomic E-state index is 0.773. The molecule has 1 aromatic heterocycles. The first-order valence-electron chi connectivity index (χ1n) is 6.73. The molecule has 1 aromatic carbocycles. The number of nitrogens with one attached hydrogen (secondary N) is 1. The summed E-state index contributed by atoms with van der Waals surface area (Å²) in [5, 5.41) is 5.06. The minimum atomic E-state index is 0.773. The highest BCUT2D eigenvalue weighted by Crippen LogP contribution is 2.28. The number of benzene rings is 1. The Bertz CT molecular complexity index is 568. The van der Waals surface area contributed by atoms with Crippen molar-refractivity contribution in [3.8, 4) is 0 Å². The Labute approximate surface area is 129 Å². The minimum Gasteiger partial charge on any atom is -0.347 e. The first-order chi connectivity index (χ1) is 9.65. The van der Waals surface area contributed by atoms with Crippen molar-refractivity contribution < 1.29 is 0 Å². The SMILES string of the molecule is CCc1nc(N(C)Cc2ccccc2Cl)sc1CNC. The Morgan fingerprint density at radius 2 is 2.10 bits per heavy atom. The van der Waals surface area contributed by atoms with Gasteiger partial charge in [0.15, 0.2) is 5.13 Å². The number of hydrogen-bond donors (Lipinski definition) is 1. The van der Waals surface area contributed by atoms with Gasteiger partial charge in [-0.05, 0) is 25.1 Å². The van der Waals surface area contributed by atoms with E-state index < -0.39 is 0 Å². The first-order valence-corrected chi connectivity index (χ1v) is 7.92. The van der Waals surface area contributed by atoms with E-state index in [2.05, 4.69) is 30.3 Å². The molecule has 0 aliphatic rings. The highest BCUT2D eigenvalue weighted by Gasteiger charge is 2.13. The summed E-state index contributed by atoms with van der Waals surface area (Å²) in [6.45, 7) is 3.79. The van der Waals surface area contributed by atoms with E-state index in [9.17, 15) is 0 Å². The van der Waals surface area contributed by atoms with Gasteiger partial charge < -0.3 is 10.2 Å². The molecule has 20 heavy (non-hydrogen) atoms. The summed E-state index contributed by atoms with van der Waals surface area (Å²) in [6.07, 6.45) is 0.966. The molecule has 2 aromatic rings. The highest BCUT2D eigenvalue weighted by atomic mass is 35.5. The molecular weight excluding hydrogens is 290 g/mol. The van der Waals surface area contributed by atoms with Crippen molar-refractivity contribution in [2.24, 2.45) is 0 Å². The second kappa shape index (κ2) is 7.07. The van der Waals surface area contributed by atoms with Gasteiger partial charge in [-0.3, -0.25) is 0 Å². The zero-order chi connectivity index (χ0) is 14.5. The monoisotopic (exact) mass is 309 g/mol. The predicted octanol–water partition coefficient (Wildman–Crippen LogP) is 3.71. The largest absolute Gasteiger partial charge is 0.347 e. The van der Waals surface area contributed by atoms with Crippen LogP contribution >= 0.6 is 22.9 Å². The molecule has 0 radical (unpaired) electrons. The molecule has 1 heterocycles. The quantitative estimate of drug-likeness (QED) is 0.881. The predicted molar refractivity (Wildman–Crippen MR) is 87.8 cm³/mol. The Balaban J connectivity index is 2.17. The molecule has 0 fully saturated rings. The molecule has 0 spiro atoms. The number of anilines is 1. The summed E-state index contributed by atoms with van der Waals surface area (Å²) in [5.74, 6) is 0. The molecule has 0 bridgehead atoms. The number of rotatable bonds is 6. The van der Waals surface area contributed by atoms with Gasteiger partial charge in [0.05, 0.1) is 5.69 Å². The standard InChI is InChI=1S/C15H20ClN3S/c1-4-13-14(9-17-2)20-15(18-13)19(3)10-11-7-5-6-8-12(11)16/h5-8,17H,4,9-10H2,1-3H3. The molecule has 0 aliphatic heterocycles. The number of hydrogen-bond acceptors (Lipinski definition) is 4. The third-order valence-corrected chi connectivity index (χ3v) is 4.71. The summed E-state index contributed by atoms with van der Waals surface area (Å²) in [4.78, 5) is 8.21. The van der Waals surface area contributed by atoms with E-state index >= 15 is 0 Å². The van der Waals surface area contributed by atoms with Gasteiger partial charge in [-0.15, -0.1) is 11.3 Å². The van der Waals surface area contributed by atoms with Gasteiger partial charge in [-0.1, -0.05) is 36.7 Å². The number of thiazole rings is 1. The summed E-state index contributed by atoms with van der Waals surface area (Å²) < 4.78 is 0. The van der Waals surface area contributed by atoms with Crippen LogP contribution in [0.2, 0.25) is 5.02 Å². The lowest BCUT2D eigenvalue weighted by Crippen LogP contribution is -2.16. The van der Waals surface area contributed by atoms with Crippen LogP contribution in [0, 0.1) is 0 Å². The van der Waals surface area contributed by atoms with Crippen molar-refractivity contribution in [1.82, 2.24) is 10.3 Å². The lowest BCUT2D eigenvalue weighted by atomic mass is 10.2. The highest BCUT2D eigenvalue weighted by molar-refractivity contribution is 7.15. The van der Waals surface area contributed by atoms with Crippen LogP contribution in [0.4, 0.5) is 5.13 Å². The van der Waals surface area contributed by atoms with Gasteiger partial charge in [-0.2, -0.15) is 0 Å². The van der Waals surface area contributed by atoms with Crippen molar-refractivity contribution in [1.29, 1.82) is 0 Å².